The van der Waals surface area contributed by atoms with Gasteiger partial charge in [0.05, 0.1) is 30.7 Å². The molecule has 166 valence electrons. The Balaban J connectivity index is 1.56. The number of fused-ring (bicyclic) bond motifs is 1. The molecule has 0 amide bonds. The van der Waals surface area contributed by atoms with Crippen molar-refractivity contribution in [3.63, 3.8) is 0 Å². The van der Waals surface area contributed by atoms with Gasteiger partial charge < -0.3 is 28.8 Å². The minimum Gasteiger partial charge on any atom is -0.472 e. The van der Waals surface area contributed by atoms with Crippen LogP contribution in [0.1, 0.15) is 44.8 Å². The van der Waals surface area contributed by atoms with Gasteiger partial charge in [-0.05, 0) is 18.6 Å². The lowest BCUT2D eigenvalue weighted by atomic mass is 9.48. The van der Waals surface area contributed by atoms with Crippen LogP contribution in [0.5, 0.6) is 0 Å². The van der Waals surface area contributed by atoms with Crippen LogP contribution < -0.4 is 0 Å². The predicted molar refractivity (Wildman–Crippen MR) is 101 cm³/mol. The molecule has 2 aliphatic heterocycles. The number of carbonyl (C=O) groups is 3. The molecule has 4 aliphatic rings. The maximum absolute atomic E-state index is 13.9. The van der Waals surface area contributed by atoms with Crippen molar-refractivity contribution in [1.29, 1.82) is 0 Å². The Hall–Kier alpha value is -2.49. The minimum absolute atomic E-state index is 0.0462. The first-order valence-corrected chi connectivity index (χ1v) is 10.2. The molecular formula is C22H24O9. The summed E-state index contributed by atoms with van der Waals surface area (Å²) in [6.07, 6.45) is 0.822. The van der Waals surface area contributed by atoms with Gasteiger partial charge in [-0.15, -0.1) is 0 Å². The number of hydrogen-bond donors (Lipinski definition) is 2. The second-order valence-corrected chi connectivity index (χ2v) is 9.34. The summed E-state index contributed by atoms with van der Waals surface area (Å²) in [5, 5.41) is 23.0. The third-order valence-electron chi connectivity index (χ3n) is 7.62. The number of hydrogen-bond acceptors (Lipinski definition) is 9. The lowest BCUT2D eigenvalue weighted by Crippen LogP contribution is -2.71. The first-order valence-electron chi connectivity index (χ1n) is 10.2. The van der Waals surface area contributed by atoms with E-state index >= 15 is 0 Å². The van der Waals surface area contributed by atoms with Gasteiger partial charge in [-0.25, -0.2) is 0 Å². The molecule has 2 saturated heterocycles. The van der Waals surface area contributed by atoms with Crippen LogP contribution in [0.4, 0.5) is 0 Å². The number of ether oxygens (including phenoxy) is 3. The van der Waals surface area contributed by atoms with E-state index in [1.54, 1.807) is 6.07 Å². The lowest BCUT2D eigenvalue weighted by Gasteiger charge is -2.56. The summed E-state index contributed by atoms with van der Waals surface area (Å²) in [6.45, 7) is 6.77. The molecule has 9 nitrogen and oxygen atoms in total. The Bertz CT molecular complexity index is 989. The number of epoxide rings is 1. The van der Waals surface area contributed by atoms with E-state index in [1.807, 2.05) is 0 Å². The molecule has 31 heavy (non-hydrogen) atoms. The first-order chi connectivity index (χ1) is 14.5. The Kier molecular flexibility index (Phi) is 3.99. The highest BCUT2D eigenvalue weighted by Gasteiger charge is 2.77. The maximum Gasteiger partial charge on any atom is 0.323 e. The van der Waals surface area contributed by atoms with Crippen molar-refractivity contribution in [3.05, 3.63) is 36.3 Å². The fourth-order valence-corrected chi connectivity index (χ4v) is 5.86. The van der Waals surface area contributed by atoms with Gasteiger partial charge in [-0.3, -0.25) is 14.4 Å². The number of carbonyl (C=O) groups excluding carboxylic acids is 3. The van der Waals surface area contributed by atoms with Crippen LogP contribution in [0.3, 0.4) is 0 Å². The van der Waals surface area contributed by atoms with E-state index in [1.165, 1.54) is 26.4 Å². The highest BCUT2D eigenvalue weighted by atomic mass is 16.6. The highest BCUT2D eigenvalue weighted by Crippen LogP contribution is 2.63. The Labute approximate surface area is 177 Å². The number of aliphatic hydroxyl groups is 2. The molecule has 2 N–H and O–H groups in total. The van der Waals surface area contributed by atoms with Crippen molar-refractivity contribution in [2.45, 2.75) is 62.1 Å². The molecule has 3 heterocycles. The normalized spacial score (nSPS) is 46.2. The van der Waals surface area contributed by atoms with Crippen molar-refractivity contribution in [1.82, 2.24) is 0 Å². The number of cyclic esters (lactones) is 1. The fourth-order valence-electron chi connectivity index (χ4n) is 5.86. The molecule has 0 bridgehead atoms. The Morgan fingerprint density at radius 1 is 1.32 bits per heavy atom. The van der Waals surface area contributed by atoms with E-state index < -0.39 is 58.1 Å². The van der Waals surface area contributed by atoms with E-state index in [4.69, 9.17) is 18.6 Å². The molecule has 2 saturated carbocycles. The largest absolute Gasteiger partial charge is 0.472 e. The van der Waals surface area contributed by atoms with Crippen molar-refractivity contribution >= 4 is 17.7 Å². The van der Waals surface area contributed by atoms with Gasteiger partial charge in [0, 0.05) is 31.7 Å². The molecule has 7 atom stereocenters. The first kappa shape index (κ1) is 20.4. The van der Waals surface area contributed by atoms with Crippen molar-refractivity contribution < 1.29 is 43.2 Å². The molecule has 0 unspecified atom stereocenters. The highest BCUT2D eigenvalue weighted by molar-refractivity contribution is 6.09. The summed E-state index contributed by atoms with van der Waals surface area (Å²) in [6, 6.07) is 1.63. The number of rotatable bonds is 2. The van der Waals surface area contributed by atoms with E-state index in [2.05, 4.69) is 6.58 Å². The number of esters is 2. The molecule has 0 radical (unpaired) electrons. The summed E-state index contributed by atoms with van der Waals surface area (Å²) in [7, 11) is 0. The van der Waals surface area contributed by atoms with Crippen molar-refractivity contribution in [2.24, 2.45) is 11.3 Å². The molecule has 2 aliphatic carbocycles. The molecule has 5 rings (SSSR count). The van der Waals surface area contributed by atoms with E-state index in [0.717, 1.165) is 0 Å². The topological polar surface area (TPSA) is 136 Å². The van der Waals surface area contributed by atoms with Crippen LogP contribution in [-0.2, 0) is 28.6 Å². The monoisotopic (exact) mass is 432 g/mol. The van der Waals surface area contributed by atoms with Gasteiger partial charge in [-0.2, -0.15) is 0 Å². The van der Waals surface area contributed by atoms with Crippen molar-refractivity contribution in [2.75, 3.05) is 6.61 Å². The molecule has 4 fully saturated rings. The van der Waals surface area contributed by atoms with Gasteiger partial charge in [0.2, 0.25) is 0 Å². The zero-order valence-electron chi connectivity index (χ0n) is 17.3. The number of Topliss-reactive ketones (excluding diaryl/α,β-unsaturated/α-hetero) is 1. The molecule has 1 aromatic rings. The third kappa shape index (κ3) is 2.45. The average molecular weight is 432 g/mol. The van der Waals surface area contributed by atoms with Gasteiger partial charge in [0.1, 0.15) is 17.8 Å². The molecule has 9 heteroatoms. The van der Waals surface area contributed by atoms with E-state index in [9.17, 15) is 24.6 Å². The van der Waals surface area contributed by atoms with Gasteiger partial charge in [0.15, 0.2) is 16.8 Å². The molecule has 0 aromatic carbocycles. The molecule has 2 spiro atoms. The number of furan rings is 1. The summed E-state index contributed by atoms with van der Waals surface area (Å²) in [4.78, 5) is 38.6. The zero-order chi connectivity index (χ0) is 22.4. The van der Waals surface area contributed by atoms with E-state index in [-0.39, 0.29) is 31.4 Å². The average Bonchev–Trinajstić information content (AvgIpc) is 3.11. The Morgan fingerprint density at radius 2 is 2.03 bits per heavy atom. The summed E-state index contributed by atoms with van der Waals surface area (Å²) in [5.41, 5.74) is -5.92. The smallest absolute Gasteiger partial charge is 0.323 e. The summed E-state index contributed by atoms with van der Waals surface area (Å²) in [5.74, 6) is -3.15. The van der Waals surface area contributed by atoms with Gasteiger partial charge in [-0.1, -0.05) is 6.58 Å². The van der Waals surface area contributed by atoms with Crippen LogP contribution in [0.2, 0.25) is 0 Å². The summed E-state index contributed by atoms with van der Waals surface area (Å²) >= 11 is 0. The third-order valence-corrected chi connectivity index (χ3v) is 7.62. The zero-order valence-corrected chi connectivity index (χ0v) is 17.3. The molecular weight excluding hydrogens is 408 g/mol. The van der Waals surface area contributed by atoms with Crippen LogP contribution in [-0.4, -0.2) is 57.4 Å². The van der Waals surface area contributed by atoms with Crippen molar-refractivity contribution in [3.8, 4) is 0 Å². The van der Waals surface area contributed by atoms with Gasteiger partial charge >= 0.3 is 11.9 Å². The minimum atomic E-state index is -1.90. The van der Waals surface area contributed by atoms with Crippen LogP contribution in [0.25, 0.3) is 0 Å². The Morgan fingerprint density at radius 3 is 2.61 bits per heavy atom. The SMILES string of the molecule is C=C1[C@@]2(CO2)[C@@H](OC(C)=O)C[C@H]2C(=O)[C@@]3(C[C@@H](c4ccoc4)OC3=O)[C@@](C)(O)C[C@]12O. The van der Waals surface area contributed by atoms with Crippen LogP contribution >= 0.6 is 0 Å². The number of ketones is 1. The summed E-state index contributed by atoms with van der Waals surface area (Å²) < 4.78 is 21.5. The second-order valence-electron chi connectivity index (χ2n) is 9.34. The fraction of sp³-hybridized carbons (Fsp3) is 0.591. The predicted octanol–water partition coefficient (Wildman–Crippen LogP) is 0.986. The van der Waals surface area contributed by atoms with E-state index in [0.29, 0.717) is 5.56 Å². The quantitative estimate of drug-likeness (QED) is 0.303. The molecule has 1 aromatic heterocycles. The van der Waals surface area contributed by atoms with Crippen LogP contribution in [0, 0.1) is 11.3 Å². The lowest BCUT2D eigenvalue weighted by molar-refractivity contribution is -0.205. The van der Waals surface area contributed by atoms with Crippen LogP contribution in [0.15, 0.2) is 35.2 Å². The van der Waals surface area contributed by atoms with Gasteiger partial charge in [0.25, 0.3) is 0 Å². The maximum atomic E-state index is 13.9. The second kappa shape index (κ2) is 6.05. The standard InChI is InChI=1S/C22H24O9/c1-11-21(27)9-19(3,26)20(7-15(31-18(20)25)13-4-5-28-8-13)17(24)14(21)6-16(30-12(2)23)22(11)10-29-22/h4-5,8,14-16,26-27H,1,6-7,9-10H2,2-3H3/t14-,15-,16-,19-,20+,21-,22-/m0/s1.